The van der Waals surface area contributed by atoms with Crippen LogP contribution in [0.15, 0.2) is 40.2 Å². The van der Waals surface area contributed by atoms with Gasteiger partial charge in [0.15, 0.2) is 5.17 Å². The lowest BCUT2D eigenvalue weighted by Gasteiger charge is -2.11. The number of aryl methyl sites for hydroxylation is 2. The molecule has 0 spiro atoms. The number of rotatable bonds is 5. The third kappa shape index (κ3) is 3.74. The predicted octanol–water partition coefficient (Wildman–Crippen LogP) is 4.97. The lowest BCUT2D eigenvalue weighted by Crippen LogP contribution is -2.28. The van der Waals surface area contributed by atoms with E-state index in [1.54, 1.807) is 4.90 Å². The van der Waals surface area contributed by atoms with Gasteiger partial charge in [-0.2, -0.15) is 0 Å². The average molecular weight is 382 g/mol. The van der Waals surface area contributed by atoms with Crippen molar-refractivity contribution < 1.29 is 4.79 Å². The van der Waals surface area contributed by atoms with E-state index < -0.39 is 0 Å². The first-order valence-corrected chi connectivity index (χ1v) is 10.4. The molecule has 0 bridgehead atoms. The summed E-state index contributed by atoms with van der Waals surface area (Å²) >= 11 is 1.47. The molecule has 0 radical (unpaired) electrons. The largest absolute Gasteiger partial charge is 0.318 e. The maximum atomic E-state index is 12.7. The molecule has 0 unspecified atom stereocenters. The van der Waals surface area contributed by atoms with Crippen molar-refractivity contribution >= 4 is 28.9 Å². The summed E-state index contributed by atoms with van der Waals surface area (Å²) in [6.45, 7) is 11.7. The SMILES string of the molecule is CCN=C1S/C(=C\c2cc(C)n(-c3ccc(CC)cc3)c2C)C(=O)N1CC. The van der Waals surface area contributed by atoms with Crippen molar-refractivity contribution in [1.29, 1.82) is 0 Å². The van der Waals surface area contributed by atoms with Crippen LogP contribution in [0, 0.1) is 13.8 Å². The van der Waals surface area contributed by atoms with Crippen LogP contribution in [0.1, 0.15) is 43.3 Å². The highest BCUT2D eigenvalue weighted by Gasteiger charge is 2.32. The molecule has 1 amide bonds. The number of nitrogens with zero attached hydrogens (tertiary/aromatic N) is 3. The predicted molar refractivity (Wildman–Crippen MR) is 116 cm³/mol. The van der Waals surface area contributed by atoms with Crippen molar-refractivity contribution in [2.75, 3.05) is 13.1 Å². The second-order valence-electron chi connectivity index (χ2n) is 6.60. The standard InChI is InChI=1S/C22H27N3OS/c1-6-17-9-11-19(12-10-17)25-15(4)13-18(16(25)5)14-20-21(26)24(8-3)22(27-20)23-7-2/h9-14H,6-8H2,1-5H3/b20-14-,23-22?. The number of aliphatic imine (C=N–C) groups is 1. The van der Waals surface area contributed by atoms with E-state index in [4.69, 9.17) is 0 Å². The summed E-state index contributed by atoms with van der Waals surface area (Å²) in [5.41, 5.74) is 5.87. The van der Waals surface area contributed by atoms with Gasteiger partial charge in [0.2, 0.25) is 0 Å². The van der Waals surface area contributed by atoms with E-state index in [9.17, 15) is 4.79 Å². The summed E-state index contributed by atoms with van der Waals surface area (Å²) in [5.74, 6) is 0.0480. The number of carbonyl (C=O) groups excluding carboxylic acids is 1. The molecule has 1 aliphatic heterocycles. The normalized spacial score (nSPS) is 17.5. The van der Waals surface area contributed by atoms with E-state index in [-0.39, 0.29) is 5.91 Å². The molecule has 2 heterocycles. The fraction of sp³-hybridized carbons (Fsp3) is 0.364. The van der Waals surface area contributed by atoms with Crippen LogP contribution in [-0.2, 0) is 11.2 Å². The fourth-order valence-corrected chi connectivity index (χ4v) is 4.49. The van der Waals surface area contributed by atoms with Gasteiger partial charge in [0, 0.05) is 30.2 Å². The Morgan fingerprint density at radius 3 is 2.41 bits per heavy atom. The Kier molecular flexibility index (Phi) is 5.90. The van der Waals surface area contributed by atoms with Gasteiger partial charge in [0.1, 0.15) is 0 Å². The Morgan fingerprint density at radius 2 is 1.81 bits per heavy atom. The lowest BCUT2D eigenvalue weighted by atomic mass is 10.1. The number of hydrogen-bond acceptors (Lipinski definition) is 3. The quantitative estimate of drug-likeness (QED) is 0.686. The molecule has 5 heteroatoms. The highest BCUT2D eigenvalue weighted by molar-refractivity contribution is 8.18. The van der Waals surface area contributed by atoms with Crippen LogP contribution in [0.2, 0.25) is 0 Å². The molecule has 1 fully saturated rings. The maximum absolute atomic E-state index is 12.7. The van der Waals surface area contributed by atoms with Gasteiger partial charge in [-0.25, -0.2) is 0 Å². The van der Waals surface area contributed by atoms with Crippen molar-refractivity contribution in [3.8, 4) is 5.69 Å². The summed E-state index contributed by atoms with van der Waals surface area (Å²) in [7, 11) is 0. The number of benzene rings is 1. The Labute approximate surface area is 166 Å². The molecule has 4 nitrogen and oxygen atoms in total. The first kappa shape index (κ1) is 19.5. The molecule has 1 aromatic carbocycles. The second-order valence-corrected chi connectivity index (χ2v) is 7.61. The van der Waals surface area contributed by atoms with Gasteiger partial charge in [-0.15, -0.1) is 0 Å². The summed E-state index contributed by atoms with van der Waals surface area (Å²) in [4.78, 5) is 19.7. The van der Waals surface area contributed by atoms with E-state index in [2.05, 4.69) is 60.7 Å². The van der Waals surface area contributed by atoms with E-state index in [0.29, 0.717) is 13.1 Å². The third-order valence-electron chi connectivity index (χ3n) is 4.86. The Morgan fingerprint density at radius 1 is 1.11 bits per heavy atom. The first-order chi connectivity index (χ1) is 13.0. The number of hydrogen-bond donors (Lipinski definition) is 0. The van der Waals surface area contributed by atoms with Crippen LogP contribution in [0.5, 0.6) is 0 Å². The smallest absolute Gasteiger partial charge is 0.266 e. The van der Waals surface area contributed by atoms with Crippen molar-refractivity contribution in [3.05, 3.63) is 57.8 Å². The van der Waals surface area contributed by atoms with Gasteiger partial charge in [-0.1, -0.05) is 19.1 Å². The van der Waals surface area contributed by atoms with Gasteiger partial charge in [-0.05, 0) is 81.3 Å². The van der Waals surface area contributed by atoms with E-state index in [1.807, 2.05) is 19.9 Å². The highest BCUT2D eigenvalue weighted by Crippen LogP contribution is 2.33. The molecule has 142 valence electrons. The summed E-state index contributed by atoms with van der Waals surface area (Å²) in [6.07, 6.45) is 3.04. The van der Waals surface area contributed by atoms with Crippen LogP contribution in [0.4, 0.5) is 0 Å². The van der Waals surface area contributed by atoms with E-state index in [1.165, 1.54) is 17.3 Å². The van der Waals surface area contributed by atoms with E-state index >= 15 is 0 Å². The van der Waals surface area contributed by atoms with Crippen LogP contribution in [-0.4, -0.2) is 33.6 Å². The van der Waals surface area contributed by atoms with Crippen LogP contribution in [0.25, 0.3) is 11.8 Å². The lowest BCUT2D eigenvalue weighted by molar-refractivity contribution is -0.122. The van der Waals surface area contributed by atoms with Crippen molar-refractivity contribution in [3.63, 3.8) is 0 Å². The molecule has 0 atom stereocenters. The Hall–Kier alpha value is -2.27. The highest BCUT2D eigenvalue weighted by atomic mass is 32.2. The molecule has 0 N–H and O–H groups in total. The summed E-state index contributed by atoms with van der Waals surface area (Å²) in [5, 5.41) is 0.806. The molecule has 1 aliphatic rings. The van der Waals surface area contributed by atoms with Gasteiger partial charge in [0.05, 0.1) is 4.91 Å². The van der Waals surface area contributed by atoms with Crippen molar-refractivity contribution in [2.45, 2.75) is 41.0 Å². The number of likely N-dealkylation sites (N-methyl/N-ethyl adjacent to an activating group) is 1. The summed E-state index contributed by atoms with van der Waals surface area (Å²) < 4.78 is 2.24. The van der Waals surface area contributed by atoms with Gasteiger partial charge >= 0.3 is 0 Å². The zero-order valence-electron chi connectivity index (χ0n) is 16.7. The van der Waals surface area contributed by atoms with Crippen LogP contribution < -0.4 is 0 Å². The number of amidine groups is 1. The molecule has 1 aromatic heterocycles. The number of aromatic nitrogens is 1. The zero-order chi connectivity index (χ0) is 19.6. The van der Waals surface area contributed by atoms with Crippen LogP contribution in [0.3, 0.4) is 0 Å². The molecule has 1 saturated heterocycles. The number of carbonyl (C=O) groups is 1. The van der Waals surface area contributed by atoms with Gasteiger partial charge in [0.25, 0.3) is 5.91 Å². The molecular weight excluding hydrogens is 354 g/mol. The monoisotopic (exact) mass is 381 g/mol. The van der Waals surface area contributed by atoms with Gasteiger partial charge < -0.3 is 4.57 Å². The molecular formula is C22H27N3OS. The first-order valence-electron chi connectivity index (χ1n) is 9.54. The van der Waals surface area contributed by atoms with E-state index in [0.717, 1.165) is 39.1 Å². The molecule has 0 saturated carbocycles. The fourth-order valence-electron chi connectivity index (χ4n) is 3.39. The third-order valence-corrected chi connectivity index (χ3v) is 5.90. The van der Waals surface area contributed by atoms with Gasteiger partial charge in [-0.3, -0.25) is 14.7 Å². The Bertz CT molecular complexity index is 906. The number of amides is 1. The van der Waals surface area contributed by atoms with Crippen molar-refractivity contribution in [1.82, 2.24) is 9.47 Å². The average Bonchev–Trinajstić information content (AvgIpc) is 3.11. The minimum atomic E-state index is 0.0480. The minimum absolute atomic E-state index is 0.0480. The number of thioether (sulfide) groups is 1. The minimum Gasteiger partial charge on any atom is -0.318 e. The van der Waals surface area contributed by atoms with Crippen molar-refractivity contribution in [2.24, 2.45) is 4.99 Å². The summed E-state index contributed by atoms with van der Waals surface area (Å²) in [6, 6.07) is 10.8. The molecule has 3 rings (SSSR count). The molecule has 2 aromatic rings. The second kappa shape index (κ2) is 8.17. The zero-order valence-corrected chi connectivity index (χ0v) is 17.6. The molecule has 0 aliphatic carbocycles. The van der Waals surface area contributed by atoms with Crippen LogP contribution >= 0.6 is 11.8 Å². The topological polar surface area (TPSA) is 37.6 Å². The Balaban J connectivity index is 1.98. The maximum Gasteiger partial charge on any atom is 0.266 e. The molecule has 27 heavy (non-hydrogen) atoms.